The van der Waals surface area contributed by atoms with E-state index in [9.17, 15) is 23.2 Å². The second kappa shape index (κ2) is 8.59. The lowest BCUT2D eigenvalue weighted by Crippen LogP contribution is -2.42. The zero-order valence-electron chi connectivity index (χ0n) is 16.7. The number of fused-ring (bicyclic) bond motifs is 1. The lowest BCUT2D eigenvalue weighted by Gasteiger charge is -2.23. The molecule has 1 aromatic heterocycles. The van der Waals surface area contributed by atoms with Gasteiger partial charge >= 0.3 is 6.36 Å². The van der Waals surface area contributed by atoms with Crippen LogP contribution in [0.2, 0.25) is 0 Å². The third kappa shape index (κ3) is 4.82. The fourth-order valence-corrected chi connectivity index (χ4v) is 4.28. The van der Waals surface area contributed by atoms with Crippen molar-refractivity contribution in [3.63, 3.8) is 0 Å². The topological polar surface area (TPSA) is 81.5 Å². The quantitative estimate of drug-likeness (QED) is 0.780. The van der Waals surface area contributed by atoms with Crippen molar-refractivity contribution in [2.75, 3.05) is 31.5 Å². The van der Waals surface area contributed by atoms with Gasteiger partial charge in [-0.25, -0.2) is 0 Å². The molecule has 0 aliphatic carbocycles. The van der Waals surface area contributed by atoms with Gasteiger partial charge in [0.15, 0.2) is 5.75 Å². The number of carbonyl (C=O) groups excluding carboxylic acids is 1. The number of hydrogen-bond donors (Lipinski definition) is 1. The minimum absolute atomic E-state index is 0.0343. The zero-order valence-corrected chi connectivity index (χ0v) is 16.7. The molecule has 164 valence electrons. The maximum absolute atomic E-state index is 12.7. The number of nitrogens with zero attached hydrogens (tertiary/aromatic N) is 4. The first-order valence-corrected chi connectivity index (χ1v) is 10.2. The SMILES string of the molecule is N#CC1CCCN1C(=O)CN1CC[C@H](Nc2ccc(OC(F)(F)F)c3ncccc23)C1. The molecule has 2 aromatic rings. The van der Waals surface area contributed by atoms with Crippen LogP contribution in [0.3, 0.4) is 0 Å². The molecule has 10 heteroatoms. The number of carbonyl (C=O) groups is 1. The summed E-state index contributed by atoms with van der Waals surface area (Å²) < 4.78 is 42.2. The summed E-state index contributed by atoms with van der Waals surface area (Å²) in [6.07, 6.45) is -1.01. The van der Waals surface area contributed by atoms with Crippen LogP contribution in [0, 0.1) is 11.3 Å². The number of anilines is 1. The molecule has 7 nitrogen and oxygen atoms in total. The lowest BCUT2D eigenvalue weighted by molar-refractivity contribution is -0.274. The molecule has 1 aromatic carbocycles. The molecule has 0 saturated carbocycles. The van der Waals surface area contributed by atoms with Gasteiger partial charge in [0.1, 0.15) is 11.6 Å². The Balaban J connectivity index is 1.42. The molecule has 2 saturated heterocycles. The average molecular weight is 433 g/mol. The third-order valence-electron chi connectivity index (χ3n) is 5.67. The number of ether oxygens (including phenoxy) is 1. The van der Waals surface area contributed by atoms with E-state index in [4.69, 9.17) is 0 Å². The van der Waals surface area contributed by atoms with E-state index in [0.29, 0.717) is 24.2 Å². The standard InChI is InChI=1S/C21H22F3N5O2/c22-21(23,24)31-18-6-5-17(16-4-1-8-26-20(16)18)27-14-7-10-28(12-14)13-19(30)29-9-2-3-15(29)11-25/h1,4-6,8,14-15,27H,2-3,7,9-10,12-13H2/t14-,15?/m0/s1. The molecular formula is C21H22F3N5O2. The predicted octanol–water partition coefficient (Wildman–Crippen LogP) is 3.13. The van der Waals surface area contributed by atoms with Crippen LogP contribution in [0.5, 0.6) is 5.75 Å². The molecule has 0 spiro atoms. The van der Waals surface area contributed by atoms with Crippen molar-refractivity contribution in [3.8, 4) is 11.8 Å². The van der Waals surface area contributed by atoms with E-state index in [0.717, 1.165) is 25.8 Å². The van der Waals surface area contributed by atoms with E-state index in [-0.39, 0.29) is 35.8 Å². The van der Waals surface area contributed by atoms with Crippen LogP contribution >= 0.6 is 0 Å². The summed E-state index contributed by atoms with van der Waals surface area (Å²) >= 11 is 0. The summed E-state index contributed by atoms with van der Waals surface area (Å²) in [6, 6.07) is 8.06. The Morgan fingerprint density at radius 2 is 2.13 bits per heavy atom. The summed E-state index contributed by atoms with van der Waals surface area (Å²) in [5.41, 5.74) is 0.798. The first-order chi connectivity index (χ1) is 14.8. The first kappa shape index (κ1) is 21.2. The molecule has 4 rings (SSSR count). The molecule has 0 radical (unpaired) electrons. The number of benzene rings is 1. The zero-order chi connectivity index (χ0) is 22.0. The summed E-state index contributed by atoms with van der Waals surface area (Å²) in [4.78, 5) is 20.3. The van der Waals surface area contributed by atoms with Crippen molar-refractivity contribution in [2.24, 2.45) is 0 Å². The van der Waals surface area contributed by atoms with E-state index in [1.165, 1.54) is 12.3 Å². The normalized spacial score (nSPS) is 21.9. The minimum atomic E-state index is -4.79. The molecule has 2 aliphatic heterocycles. The predicted molar refractivity (Wildman–Crippen MR) is 107 cm³/mol. The summed E-state index contributed by atoms with van der Waals surface area (Å²) in [5.74, 6) is -0.377. The van der Waals surface area contributed by atoms with Crippen molar-refractivity contribution in [2.45, 2.75) is 37.7 Å². The van der Waals surface area contributed by atoms with Gasteiger partial charge in [0.05, 0.1) is 12.6 Å². The number of rotatable bonds is 5. The summed E-state index contributed by atoms with van der Waals surface area (Å²) in [5, 5.41) is 13.1. The molecule has 2 fully saturated rings. The number of aromatic nitrogens is 1. The van der Waals surface area contributed by atoms with Gasteiger partial charge < -0.3 is 15.0 Å². The van der Waals surface area contributed by atoms with Gasteiger partial charge in [-0.15, -0.1) is 13.2 Å². The van der Waals surface area contributed by atoms with E-state index < -0.39 is 6.36 Å². The number of likely N-dealkylation sites (tertiary alicyclic amines) is 2. The maximum atomic E-state index is 12.7. The van der Waals surface area contributed by atoms with Crippen LogP contribution in [0.25, 0.3) is 10.9 Å². The molecule has 0 bridgehead atoms. The smallest absolute Gasteiger partial charge is 0.403 e. The van der Waals surface area contributed by atoms with Crippen molar-refractivity contribution in [1.82, 2.24) is 14.8 Å². The molecule has 31 heavy (non-hydrogen) atoms. The van der Waals surface area contributed by atoms with Crippen molar-refractivity contribution >= 4 is 22.5 Å². The summed E-state index contributed by atoms with van der Waals surface area (Å²) in [7, 11) is 0. The highest BCUT2D eigenvalue weighted by atomic mass is 19.4. The van der Waals surface area contributed by atoms with Gasteiger partial charge in [0.25, 0.3) is 0 Å². The second-order valence-corrected chi connectivity index (χ2v) is 7.80. The van der Waals surface area contributed by atoms with Crippen molar-refractivity contribution < 1.29 is 22.7 Å². The third-order valence-corrected chi connectivity index (χ3v) is 5.67. The molecule has 3 heterocycles. The minimum Gasteiger partial charge on any atom is -0.403 e. The van der Waals surface area contributed by atoms with Crippen LogP contribution in [0.4, 0.5) is 18.9 Å². The van der Waals surface area contributed by atoms with E-state index in [1.807, 2.05) is 4.90 Å². The molecule has 1 amide bonds. The molecule has 2 atom stereocenters. The van der Waals surface area contributed by atoms with Crippen molar-refractivity contribution in [3.05, 3.63) is 30.5 Å². The highest BCUT2D eigenvalue weighted by Crippen LogP contribution is 2.34. The van der Waals surface area contributed by atoms with Gasteiger partial charge in [-0.1, -0.05) is 0 Å². The van der Waals surface area contributed by atoms with Gasteiger partial charge in [-0.05, 0) is 43.5 Å². The monoisotopic (exact) mass is 433 g/mol. The highest BCUT2D eigenvalue weighted by molar-refractivity contribution is 5.95. The van der Waals surface area contributed by atoms with Crippen LogP contribution in [0.1, 0.15) is 19.3 Å². The number of halogens is 3. The maximum Gasteiger partial charge on any atom is 0.573 e. The Hall–Kier alpha value is -3.06. The number of amides is 1. The van der Waals surface area contributed by atoms with Gasteiger partial charge in [-0.3, -0.25) is 14.7 Å². The molecule has 1 N–H and O–H groups in total. The number of alkyl halides is 3. The van der Waals surface area contributed by atoms with Crippen LogP contribution < -0.4 is 10.1 Å². The van der Waals surface area contributed by atoms with Crippen molar-refractivity contribution in [1.29, 1.82) is 5.26 Å². The van der Waals surface area contributed by atoms with Gasteiger partial charge in [0, 0.05) is 42.9 Å². The lowest BCUT2D eigenvalue weighted by atomic mass is 10.1. The fourth-order valence-electron chi connectivity index (χ4n) is 4.28. The van der Waals surface area contributed by atoms with Crippen LogP contribution in [0.15, 0.2) is 30.5 Å². The highest BCUT2D eigenvalue weighted by Gasteiger charge is 2.33. The number of hydrogen-bond acceptors (Lipinski definition) is 6. The molecule has 2 aliphatic rings. The molecular weight excluding hydrogens is 411 g/mol. The second-order valence-electron chi connectivity index (χ2n) is 7.80. The fraction of sp³-hybridized carbons (Fsp3) is 0.476. The van der Waals surface area contributed by atoms with Gasteiger partial charge in [0.2, 0.25) is 5.91 Å². The number of nitriles is 1. The summed E-state index contributed by atoms with van der Waals surface area (Å²) in [6.45, 7) is 2.23. The Morgan fingerprint density at radius 1 is 1.29 bits per heavy atom. The van der Waals surface area contributed by atoms with E-state index in [1.54, 1.807) is 23.1 Å². The Morgan fingerprint density at radius 3 is 2.90 bits per heavy atom. The van der Waals surface area contributed by atoms with Gasteiger partial charge in [-0.2, -0.15) is 5.26 Å². The van der Waals surface area contributed by atoms with Crippen LogP contribution in [-0.2, 0) is 4.79 Å². The average Bonchev–Trinajstić information content (AvgIpc) is 3.38. The largest absolute Gasteiger partial charge is 0.573 e. The Labute approximate surface area is 177 Å². The number of pyridine rings is 1. The van der Waals surface area contributed by atoms with Crippen LogP contribution in [-0.4, -0.2) is 65.3 Å². The van der Waals surface area contributed by atoms with E-state index in [2.05, 4.69) is 21.1 Å². The molecule has 1 unspecified atom stereocenters. The Bertz CT molecular complexity index is 1010. The Kier molecular flexibility index (Phi) is 5.87. The van der Waals surface area contributed by atoms with E-state index >= 15 is 0 Å². The number of nitrogens with one attached hydrogen (secondary N) is 1. The first-order valence-electron chi connectivity index (χ1n) is 10.2.